The van der Waals surface area contributed by atoms with Crippen LogP contribution in [0.25, 0.3) is 0 Å². The van der Waals surface area contributed by atoms with Gasteiger partial charge >= 0.3 is 0 Å². The number of hydrogen-bond donors (Lipinski definition) is 1. The zero-order chi connectivity index (χ0) is 9.19. The van der Waals surface area contributed by atoms with E-state index < -0.39 is 14.3 Å². The van der Waals surface area contributed by atoms with Crippen LogP contribution in [0.4, 0.5) is 0 Å². The van der Waals surface area contributed by atoms with Crippen LogP contribution in [-0.2, 0) is 13.8 Å². The monoisotopic (exact) mass is 211 g/mol. The average molecular weight is 212 g/mol. The highest BCUT2D eigenvalue weighted by Crippen LogP contribution is 2.18. The molecule has 0 spiro atoms. The molecule has 1 amide bonds. The third-order valence-corrected chi connectivity index (χ3v) is 3.79. The zero-order valence-electron chi connectivity index (χ0n) is 6.42. The van der Waals surface area contributed by atoms with E-state index in [2.05, 4.69) is 5.32 Å². The summed E-state index contributed by atoms with van der Waals surface area (Å²) in [4.78, 5) is 10.9. The van der Waals surface area contributed by atoms with Crippen LogP contribution >= 0.6 is 10.7 Å². The van der Waals surface area contributed by atoms with Gasteiger partial charge in [0.15, 0.2) is 0 Å². The zero-order valence-corrected chi connectivity index (χ0v) is 7.99. The van der Waals surface area contributed by atoms with E-state index in [9.17, 15) is 13.2 Å². The summed E-state index contributed by atoms with van der Waals surface area (Å²) in [5.41, 5.74) is 0. The number of nitrogens with one attached hydrogen (secondary N) is 1. The van der Waals surface area contributed by atoms with Crippen molar-refractivity contribution in [3.63, 3.8) is 0 Å². The molecule has 4 nitrogen and oxygen atoms in total. The number of rotatable bonds is 1. The summed E-state index contributed by atoms with van der Waals surface area (Å²) in [5, 5.41) is 1.88. The van der Waals surface area contributed by atoms with Gasteiger partial charge in [-0.2, -0.15) is 0 Å². The van der Waals surface area contributed by atoms with E-state index in [0.29, 0.717) is 19.4 Å². The summed E-state index contributed by atoms with van der Waals surface area (Å²) in [6.45, 7) is 0.543. The molecule has 12 heavy (non-hydrogen) atoms. The molecule has 1 saturated heterocycles. The highest BCUT2D eigenvalue weighted by molar-refractivity contribution is 8.14. The fourth-order valence-corrected chi connectivity index (χ4v) is 2.43. The second-order valence-corrected chi connectivity index (χ2v) is 5.70. The molecule has 1 aliphatic rings. The Kier molecular flexibility index (Phi) is 2.95. The van der Waals surface area contributed by atoms with Gasteiger partial charge in [0.25, 0.3) is 0 Å². The Bertz CT molecular complexity index is 275. The molecule has 6 heteroatoms. The third kappa shape index (κ3) is 2.64. The van der Waals surface area contributed by atoms with Gasteiger partial charge in [-0.25, -0.2) is 8.42 Å². The molecular weight excluding hydrogens is 202 g/mol. The van der Waals surface area contributed by atoms with Crippen LogP contribution in [0.5, 0.6) is 0 Å². The Balaban J connectivity index is 2.71. The predicted molar refractivity (Wildman–Crippen MR) is 45.4 cm³/mol. The van der Waals surface area contributed by atoms with Crippen LogP contribution in [0.1, 0.15) is 19.3 Å². The maximum atomic E-state index is 10.9. The van der Waals surface area contributed by atoms with Crippen molar-refractivity contribution in [3.8, 4) is 0 Å². The normalized spacial score (nSPS) is 26.1. The Morgan fingerprint density at radius 1 is 1.50 bits per heavy atom. The van der Waals surface area contributed by atoms with Crippen molar-refractivity contribution in [1.29, 1.82) is 0 Å². The van der Waals surface area contributed by atoms with Gasteiger partial charge in [0.2, 0.25) is 15.0 Å². The minimum atomic E-state index is -3.57. The van der Waals surface area contributed by atoms with Gasteiger partial charge in [-0.05, 0) is 12.8 Å². The van der Waals surface area contributed by atoms with Crippen molar-refractivity contribution in [2.45, 2.75) is 24.5 Å². The number of amides is 1. The third-order valence-electron chi connectivity index (χ3n) is 1.84. The van der Waals surface area contributed by atoms with Crippen LogP contribution in [0.3, 0.4) is 0 Å². The fourth-order valence-electron chi connectivity index (χ4n) is 1.18. The largest absolute Gasteiger partial charge is 0.356 e. The Labute approximate surface area is 75.7 Å². The first-order chi connectivity index (χ1) is 5.50. The van der Waals surface area contributed by atoms with E-state index in [1.165, 1.54) is 0 Å². The maximum Gasteiger partial charge on any atom is 0.235 e. The summed E-state index contributed by atoms with van der Waals surface area (Å²) in [5.74, 6) is -0.235. The smallest absolute Gasteiger partial charge is 0.235 e. The van der Waals surface area contributed by atoms with Gasteiger partial charge in [-0.1, -0.05) is 0 Å². The van der Waals surface area contributed by atoms with Crippen LogP contribution in [0, 0.1) is 0 Å². The molecule has 1 atom stereocenters. The van der Waals surface area contributed by atoms with Crippen molar-refractivity contribution in [1.82, 2.24) is 5.32 Å². The standard InChI is InChI=1S/C6H10ClNO3S/c7-12(10,11)5-2-1-3-8-6(9)4-5/h5H,1-4H2,(H,8,9). The highest BCUT2D eigenvalue weighted by atomic mass is 35.7. The lowest BCUT2D eigenvalue weighted by Crippen LogP contribution is -2.25. The molecule has 1 unspecified atom stereocenters. The average Bonchev–Trinajstić information content (AvgIpc) is 2.11. The molecular formula is C6H10ClNO3S. The first-order valence-corrected chi connectivity index (χ1v) is 6.07. The first kappa shape index (κ1) is 9.80. The minimum absolute atomic E-state index is 0.00810. The summed E-state index contributed by atoms with van der Waals surface area (Å²) in [6.07, 6.45) is 1.12. The van der Waals surface area contributed by atoms with Crippen molar-refractivity contribution in [2.24, 2.45) is 0 Å². The molecule has 1 fully saturated rings. The van der Waals surface area contributed by atoms with Gasteiger partial charge in [0.1, 0.15) is 0 Å². The van der Waals surface area contributed by atoms with E-state index >= 15 is 0 Å². The minimum Gasteiger partial charge on any atom is -0.356 e. The molecule has 1 N–H and O–H groups in total. The van der Waals surface area contributed by atoms with E-state index in [4.69, 9.17) is 10.7 Å². The van der Waals surface area contributed by atoms with Crippen molar-refractivity contribution in [3.05, 3.63) is 0 Å². The van der Waals surface area contributed by atoms with Gasteiger partial charge in [-0.15, -0.1) is 0 Å². The number of carbonyl (C=O) groups excluding carboxylic acids is 1. The lowest BCUT2D eigenvalue weighted by Gasteiger charge is -2.06. The molecule has 70 valence electrons. The molecule has 0 radical (unpaired) electrons. The first-order valence-electron chi connectivity index (χ1n) is 3.70. The Morgan fingerprint density at radius 2 is 2.17 bits per heavy atom. The van der Waals surface area contributed by atoms with Crippen LogP contribution < -0.4 is 5.32 Å². The van der Waals surface area contributed by atoms with Gasteiger partial charge in [-0.3, -0.25) is 4.79 Å². The van der Waals surface area contributed by atoms with Crippen molar-refractivity contribution >= 4 is 25.6 Å². The van der Waals surface area contributed by atoms with Crippen LogP contribution in [0.2, 0.25) is 0 Å². The van der Waals surface area contributed by atoms with E-state index in [0.717, 1.165) is 0 Å². The lowest BCUT2D eigenvalue weighted by atomic mass is 10.2. The van der Waals surface area contributed by atoms with Crippen LogP contribution in [-0.4, -0.2) is 26.1 Å². The molecule has 1 rings (SSSR count). The van der Waals surface area contributed by atoms with E-state index in [1.807, 2.05) is 0 Å². The van der Waals surface area contributed by atoms with Crippen molar-refractivity contribution < 1.29 is 13.2 Å². The Morgan fingerprint density at radius 3 is 2.75 bits per heavy atom. The summed E-state index contributed by atoms with van der Waals surface area (Å²) in [6, 6.07) is 0. The molecule has 0 saturated carbocycles. The molecule has 0 aromatic carbocycles. The van der Waals surface area contributed by atoms with Gasteiger partial charge < -0.3 is 5.32 Å². The second-order valence-electron chi connectivity index (χ2n) is 2.79. The maximum absolute atomic E-state index is 10.9. The molecule has 1 aliphatic heterocycles. The molecule has 1 heterocycles. The van der Waals surface area contributed by atoms with Gasteiger partial charge in [0.05, 0.1) is 5.25 Å². The van der Waals surface area contributed by atoms with Gasteiger partial charge in [0, 0.05) is 23.6 Å². The summed E-state index contributed by atoms with van der Waals surface area (Å²) in [7, 11) is 1.57. The quantitative estimate of drug-likeness (QED) is 0.632. The number of hydrogen-bond acceptors (Lipinski definition) is 3. The van der Waals surface area contributed by atoms with Crippen molar-refractivity contribution in [2.75, 3.05) is 6.54 Å². The van der Waals surface area contributed by atoms with E-state index in [-0.39, 0.29) is 12.3 Å². The summed E-state index contributed by atoms with van der Waals surface area (Å²) < 4.78 is 21.7. The predicted octanol–water partition coefficient (Wildman–Crippen LogP) is 0.224. The molecule has 0 aromatic heterocycles. The fraction of sp³-hybridized carbons (Fsp3) is 0.833. The molecule has 0 aliphatic carbocycles. The number of carbonyl (C=O) groups is 1. The molecule has 0 aromatic rings. The van der Waals surface area contributed by atoms with Crippen LogP contribution in [0.15, 0.2) is 0 Å². The summed E-state index contributed by atoms with van der Waals surface area (Å²) >= 11 is 0. The Hall–Kier alpha value is -0.290. The SMILES string of the molecule is O=C1CC(S(=O)(=O)Cl)CCCN1. The lowest BCUT2D eigenvalue weighted by molar-refractivity contribution is -0.120. The molecule has 0 bridgehead atoms. The second kappa shape index (κ2) is 3.62. The highest BCUT2D eigenvalue weighted by Gasteiger charge is 2.27. The van der Waals surface area contributed by atoms with E-state index in [1.54, 1.807) is 0 Å². The number of halogens is 1. The topological polar surface area (TPSA) is 63.2 Å².